The lowest BCUT2D eigenvalue weighted by Crippen LogP contribution is -2.16. The second kappa shape index (κ2) is 7.26. The van der Waals surface area contributed by atoms with Gasteiger partial charge in [-0.05, 0) is 38.0 Å². The molecular weight excluding hydrogens is 346 g/mol. The van der Waals surface area contributed by atoms with Crippen molar-refractivity contribution in [1.29, 1.82) is 0 Å². The second-order valence-electron chi connectivity index (χ2n) is 6.60. The molecule has 1 saturated carbocycles. The molecule has 0 bridgehead atoms. The van der Waals surface area contributed by atoms with Crippen LogP contribution in [-0.4, -0.2) is 34.9 Å². The Morgan fingerprint density at radius 2 is 2.26 bits per heavy atom. The van der Waals surface area contributed by atoms with E-state index in [1.807, 2.05) is 12.1 Å². The molecule has 3 heterocycles. The quantitative estimate of drug-likeness (QED) is 0.770. The van der Waals surface area contributed by atoms with Crippen LogP contribution >= 0.6 is 0 Å². The lowest BCUT2D eigenvalue weighted by Gasteiger charge is -2.11. The van der Waals surface area contributed by atoms with Gasteiger partial charge in [-0.25, -0.2) is 14.8 Å². The van der Waals surface area contributed by atoms with Gasteiger partial charge in [0.15, 0.2) is 22.9 Å². The van der Waals surface area contributed by atoms with Gasteiger partial charge >= 0.3 is 5.97 Å². The number of anilines is 1. The number of pyridine rings is 1. The van der Waals surface area contributed by atoms with Crippen molar-refractivity contribution in [2.45, 2.75) is 38.6 Å². The van der Waals surface area contributed by atoms with Gasteiger partial charge in [0.25, 0.3) is 0 Å². The van der Waals surface area contributed by atoms with E-state index in [2.05, 4.69) is 15.3 Å². The summed E-state index contributed by atoms with van der Waals surface area (Å²) < 4.78 is 10.9. The van der Waals surface area contributed by atoms with Crippen molar-refractivity contribution in [3.63, 3.8) is 0 Å². The standard InChI is InChI=1S/C20H21N3O4/c1-2-26-20(25)16-17(24)15(27-19(16)23-13-6-3-4-7-13)10-12-11-22-18-14(12)8-5-9-21-18/h5,8-11,13,23-24H,2-4,6-7H2,1H3. The van der Waals surface area contributed by atoms with Crippen LogP contribution in [0, 0.1) is 0 Å². The van der Waals surface area contributed by atoms with E-state index in [0.717, 1.165) is 36.8 Å². The van der Waals surface area contributed by atoms with Crippen LogP contribution in [0.15, 0.2) is 27.7 Å². The zero-order valence-electron chi connectivity index (χ0n) is 15.1. The number of nitrogens with zero attached hydrogens (tertiary/aromatic N) is 2. The number of hydrogen-bond donors (Lipinski definition) is 2. The molecule has 140 valence electrons. The molecule has 1 aliphatic carbocycles. The van der Waals surface area contributed by atoms with Gasteiger partial charge < -0.3 is 19.6 Å². The molecule has 0 spiro atoms. The Labute approximate surface area is 156 Å². The first-order chi connectivity index (χ1) is 13.2. The third kappa shape index (κ3) is 3.32. The van der Waals surface area contributed by atoms with E-state index in [1.54, 1.807) is 25.4 Å². The number of aliphatic imine (C=N–C) groups is 1. The number of fused-ring (bicyclic) bond motifs is 1. The lowest BCUT2D eigenvalue weighted by molar-refractivity contribution is 0.0524. The molecule has 0 amide bonds. The predicted octanol–water partition coefficient (Wildman–Crippen LogP) is 4.17. The first-order valence-corrected chi connectivity index (χ1v) is 9.18. The summed E-state index contributed by atoms with van der Waals surface area (Å²) in [5.41, 5.74) is 1.64. The summed E-state index contributed by atoms with van der Waals surface area (Å²) in [4.78, 5) is 20.8. The fourth-order valence-corrected chi connectivity index (χ4v) is 3.47. The van der Waals surface area contributed by atoms with Gasteiger partial charge in [0.05, 0.1) is 6.61 Å². The topological polar surface area (TPSA) is 97.0 Å². The summed E-state index contributed by atoms with van der Waals surface area (Å²) in [6, 6.07) is 3.94. The Hall–Kier alpha value is -3.09. The van der Waals surface area contributed by atoms with E-state index in [4.69, 9.17) is 9.15 Å². The van der Waals surface area contributed by atoms with E-state index in [1.165, 1.54) is 0 Å². The molecule has 2 aliphatic rings. The third-order valence-electron chi connectivity index (χ3n) is 4.79. The highest BCUT2D eigenvalue weighted by Crippen LogP contribution is 2.39. The zero-order valence-corrected chi connectivity index (χ0v) is 15.1. The van der Waals surface area contributed by atoms with E-state index < -0.39 is 5.97 Å². The Morgan fingerprint density at radius 3 is 3.04 bits per heavy atom. The number of ether oxygens (including phenoxy) is 1. The Kier molecular flexibility index (Phi) is 4.66. The fraction of sp³-hybridized carbons (Fsp3) is 0.350. The van der Waals surface area contributed by atoms with Crippen LogP contribution < -0.4 is 5.32 Å². The highest BCUT2D eigenvalue weighted by Gasteiger charge is 2.29. The summed E-state index contributed by atoms with van der Waals surface area (Å²) in [5.74, 6) is 0.228. The maximum atomic E-state index is 12.4. The molecule has 2 aromatic heterocycles. The first-order valence-electron chi connectivity index (χ1n) is 9.18. The van der Waals surface area contributed by atoms with Gasteiger partial charge in [0, 0.05) is 29.6 Å². The molecule has 2 N–H and O–H groups in total. The van der Waals surface area contributed by atoms with Crippen LogP contribution in [0.1, 0.15) is 54.3 Å². The second-order valence-corrected chi connectivity index (χ2v) is 6.60. The fourth-order valence-electron chi connectivity index (χ4n) is 3.47. The van der Waals surface area contributed by atoms with Crippen molar-refractivity contribution in [2.24, 2.45) is 4.99 Å². The zero-order chi connectivity index (χ0) is 18.8. The smallest absolute Gasteiger partial charge is 0.347 e. The number of esters is 1. The molecule has 4 rings (SSSR count). The molecule has 1 fully saturated rings. The molecule has 0 unspecified atom stereocenters. The summed E-state index contributed by atoms with van der Waals surface area (Å²) in [6.45, 7) is 1.94. The van der Waals surface area contributed by atoms with Gasteiger partial charge in [-0.2, -0.15) is 0 Å². The van der Waals surface area contributed by atoms with Crippen molar-refractivity contribution >= 4 is 35.5 Å². The van der Waals surface area contributed by atoms with Crippen LogP contribution in [-0.2, 0) is 4.74 Å². The molecule has 0 saturated heterocycles. The van der Waals surface area contributed by atoms with E-state index in [-0.39, 0.29) is 35.6 Å². The largest absolute Gasteiger partial charge is 0.504 e. The Morgan fingerprint density at radius 1 is 1.44 bits per heavy atom. The molecule has 0 atom stereocenters. The van der Waals surface area contributed by atoms with Crippen molar-refractivity contribution in [3.05, 3.63) is 35.2 Å². The van der Waals surface area contributed by atoms with E-state index >= 15 is 0 Å². The van der Waals surface area contributed by atoms with E-state index in [9.17, 15) is 9.90 Å². The van der Waals surface area contributed by atoms with Gasteiger partial charge in [-0.15, -0.1) is 0 Å². The number of rotatable bonds is 5. The molecule has 27 heavy (non-hydrogen) atoms. The average molecular weight is 367 g/mol. The van der Waals surface area contributed by atoms with Gasteiger partial charge in [0.1, 0.15) is 0 Å². The lowest BCUT2D eigenvalue weighted by atomic mass is 10.1. The number of carbonyl (C=O) groups is 1. The number of hydrogen-bond acceptors (Lipinski definition) is 7. The van der Waals surface area contributed by atoms with Crippen molar-refractivity contribution in [3.8, 4) is 5.75 Å². The van der Waals surface area contributed by atoms with Crippen LogP contribution in [0.2, 0.25) is 0 Å². The Balaban J connectivity index is 1.72. The number of furan rings is 1. The summed E-state index contributed by atoms with van der Waals surface area (Å²) in [6.07, 6.45) is 9.28. The van der Waals surface area contributed by atoms with Gasteiger partial charge in [-0.1, -0.05) is 12.8 Å². The maximum absolute atomic E-state index is 12.4. The van der Waals surface area contributed by atoms with Crippen molar-refractivity contribution in [2.75, 3.05) is 11.9 Å². The van der Waals surface area contributed by atoms with Crippen LogP contribution in [0.25, 0.3) is 11.6 Å². The van der Waals surface area contributed by atoms with Crippen molar-refractivity contribution < 1.29 is 19.1 Å². The molecular formula is C20H21N3O4. The number of carbonyl (C=O) groups excluding carboxylic acids is 1. The van der Waals surface area contributed by atoms with E-state index in [0.29, 0.717) is 5.82 Å². The number of aromatic hydroxyl groups is 1. The van der Waals surface area contributed by atoms with Crippen LogP contribution in [0.5, 0.6) is 5.75 Å². The summed E-state index contributed by atoms with van der Waals surface area (Å²) in [5, 5.41) is 13.9. The number of allylic oxidation sites excluding steroid dienone is 1. The number of aromatic nitrogens is 1. The molecule has 0 radical (unpaired) electrons. The Bertz CT molecular complexity index is 923. The molecule has 2 aromatic rings. The number of nitrogens with one attached hydrogen (secondary N) is 1. The average Bonchev–Trinajstić information content (AvgIpc) is 3.37. The van der Waals surface area contributed by atoms with Crippen LogP contribution in [0.3, 0.4) is 0 Å². The first kappa shape index (κ1) is 17.3. The SMILES string of the molecule is CCOC(=O)c1c(NC2CCCC2)oc(C=C2C=Nc3ncccc32)c1O. The van der Waals surface area contributed by atoms with Crippen LogP contribution in [0.4, 0.5) is 11.7 Å². The summed E-state index contributed by atoms with van der Waals surface area (Å²) in [7, 11) is 0. The molecule has 0 aromatic carbocycles. The molecule has 7 nitrogen and oxygen atoms in total. The predicted molar refractivity (Wildman–Crippen MR) is 102 cm³/mol. The van der Waals surface area contributed by atoms with Gasteiger partial charge in [-0.3, -0.25) is 0 Å². The molecule has 1 aliphatic heterocycles. The normalized spacial score (nSPS) is 17.4. The highest BCUT2D eigenvalue weighted by atomic mass is 16.5. The highest BCUT2D eigenvalue weighted by molar-refractivity contribution is 6.21. The third-order valence-corrected chi connectivity index (χ3v) is 4.79. The maximum Gasteiger partial charge on any atom is 0.347 e. The van der Waals surface area contributed by atoms with Crippen molar-refractivity contribution in [1.82, 2.24) is 4.98 Å². The monoisotopic (exact) mass is 367 g/mol. The summed E-state index contributed by atoms with van der Waals surface area (Å²) >= 11 is 0. The molecule has 7 heteroatoms. The van der Waals surface area contributed by atoms with Gasteiger partial charge in [0.2, 0.25) is 5.88 Å². The minimum atomic E-state index is -0.606. The minimum Gasteiger partial charge on any atom is -0.504 e. The minimum absolute atomic E-state index is 0.0388.